The van der Waals surface area contributed by atoms with Crippen molar-refractivity contribution in [1.82, 2.24) is 0 Å². The molecular formula is HCr2O4. The van der Waals surface area contributed by atoms with Crippen molar-refractivity contribution >= 4 is 0 Å². The van der Waals surface area contributed by atoms with E-state index in [2.05, 4.69) is 0 Å². The molecule has 1 N–H and O–H groups in total. The first-order valence-electron chi connectivity index (χ1n) is 0.516. The molecule has 0 aromatic rings. The third-order valence-electron chi connectivity index (χ3n) is 0. The third kappa shape index (κ3) is 120. The number of rotatable bonds is 0. The molecule has 0 aliphatic carbocycles. The minimum atomic E-state index is -3.54. The molecule has 6 heavy (non-hydrogen) atoms. The Kier molecular flexibility index (Phi) is 24.4. The summed E-state index contributed by atoms with van der Waals surface area (Å²) in [5.74, 6) is 0. The Labute approximate surface area is 50.1 Å². The Hall–Kier alpha value is 0.745. The topological polar surface area (TPSA) is 88.9 Å². The summed E-state index contributed by atoms with van der Waals surface area (Å²) < 4.78 is 24.4. The predicted molar refractivity (Wildman–Crippen MR) is 3.59 cm³/mol. The second-order valence-corrected chi connectivity index (χ2v) is 0.895. The zero-order valence-electron chi connectivity index (χ0n) is 2.49. The van der Waals surface area contributed by atoms with E-state index in [1.54, 1.807) is 0 Å². The van der Waals surface area contributed by atoms with Crippen LogP contribution in [0.5, 0.6) is 0 Å². The molecule has 37 valence electrons. The molecule has 4 nitrogen and oxygen atoms in total. The second-order valence-electron chi connectivity index (χ2n) is 0.217. The standard InChI is InChI=1S/2Cr.H2O.3O/h;;1H2;;;/q+1;+3;;;-2;-1/p-1. The first-order chi connectivity index (χ1) is 1.73. The van der Waals surface area contributed by atoms with Crippen molar-refractivity contribution < 1.29 is 49.7 Å². The van der Waals surface area contributed by atoms with Gasteiger partial charge in [-0.05, 0) is 0 Å². The molecule has 0 saturated carbocycles. The van der Waals surface area contributed by atoms with Crippen LogP contribution in [0.4, 0.5) is 0 Å². The first-order valence-corrected chi connectivity index (χ1v) is 2.13. The summed E-state index contributed by atoms with van der Waals surface area (Å²) in [6, 6.07) is 0. The maximum absolute atomic E-state index is 8.65. The fourth-order valence-electron chi connectivity index (χ4n) is 0. The molecule has 1 radical (unpaired) electrons. The van der Waals surface area contributed by atoms with E-state index in [0.29, 0.717) is 0 Å². The summed E-state index contributed by atoms with van der Waals surface area (Å²) in [6.45, 7) is 0. The van der Waals surface area contributed by atoms with Crippen molar-refractivity contribution in [2.75, 3.05) is 0 Å². The van der Waals surface area contributed by atoms with Gasteiger partial charge in [-0.1, -0.05) is 0 Å². The SMILES string of the molecule is [Cr+3].[O-2].[O]=[Cr]([O-])[OH]. The average Bonchev–Trinajstić information content (AvgIpc) is 0.811. The Morgan fingerprint density at radius 1 is 1.67 bits per heavy atom. The molecule has 0 aromatic carbocycles. The Morgan fingerprint density at radius 2 is 1.67 bits per heavy atom. The molecule has 0 atom stereocenters. The van der Waals surface area contributed by atoms with Gasteiger partial charge in [0.2, 0.25) is 0 Å². The zero-order valence-corrected chi connectivity index (χ0v) is 5.04. The van der Waals surface area contributed by atoms with Crippen molar-refractivity contribution in [3.63, 3.8) is 0 Å². The first kappa shape index (κ1) is 15.9. The van der Waals surface area contributed by atoms with E-state index in [9.17, 15) is 0 Å². The quantitative estimate of drug-likeness (QED) is 0.455. The summed E-state index contributed by atoms with van der Waals surface area (Å²) in [4.78, 5) is 0. The van der Waals surface area contributed by atoms with Crippen LogP contribution in [0.2, 0.25) is 0 Å². The van der Waals surface area contributed by atoms with E-state index in [0.717, 1.165) is 0 Å². The fraction of sp³-hybridized carbons (Fsp3) is 0. The average molecular weight is 169 g/mol. The fourth-order valence-corrected chi connectivity index (χ4v) is 0. The van der Waals surface area contributed by atoms with Crippen molar-refractivity contribution in [3.8, 4) is 0 Å². The normalized spacial score (nSPS) is 5.83. The van der Waals surface area contributed by atoms with Crippen LogP contribution < -0.4 is 4.16 Å². The van der Waals surface area contributed by atoms with E-state index >= 15 is 0 Å². The van der Waals surface area contributed by atoms with E-state index in [4.69, 9.17) is 12.1 Å². The van der Waals surface area contributed by atoms with Gasteiger partial charge >= 0.3 is 44.2 Å². The third-order valence-corrected chi connectivity index (χ3v) is 0. The summed E-state index contributed by atoms with van der Waals surface area (Å²) in [6.07, 6.45) is 0. The summed E-state index contributed by atoms with van der Waals surface area (Å²) in [5, 5.41) is 0. The van der Waals surface area contributed by atoms with Crippen LogP contribution in [0, 0.1) is 0 Å². The molecule has 0 rings (SSSR count). The van der Waals surface area contributed by atoms with Crippen LogP contribution >= 0.6 is 0 Å². The van der Waals surface area contributed by atoms with Crippen molar-refractivity contribution in [3.05, 3.63) is 0 Å². The van der Waals surface area contributed by atoms with Crippen LogP contribution in [0.15, 0.2) is 0 Å². The van der Waals surface area contributed by atoms with E-state index < -0.39 is 14.8 Å². The molecule has 0 amide bonds. The molecule has 0 heterocycles. The van der Waals surface area contributed by atoms with Crippen LogP contribution in [-0.2, 0) is 41.4 Å². The summed E-state index contributed by atoms with van der Waals surface area (Å²) >= 11 is -3.54. The van der Waals surface area contributed by atoms with Crippen LogP contribution in [0.3, 0.4) is 0 Å². The second kappa shape index (κ2) is 9.22. The van der Waals surface area contributed by atoms with Crippen LogP contribution in [0.1, 0.15) is 0 Å². The molecule has 0 bridgehead atoms. The Morgan fingerprint density at radius 3 is 1.67 bits per heavy atom. The van der Waals surface area contributed by atoms with Gasteiger partial charge < -0.3 is 5.48 Å². The van der Waals surface area contributed by atoms with Gasteiger partial charge in [-0.2, -0.15) is 0 Å². The van der Waals surface area contributed by atoms with E-state index in [-0.39, 0.29) is 22.8 Å². The van der Waals surface area contributed by atoms with Gasteiger partial charge in [0.1, 0.15) is 0 Å². The molecule has 0 unspecified atom stereocenters. The molecule has 0 fully saturated rings. The van der Waals surface area contributed by atoms with Crippen molar-refractivity contribution in [2.24, 2.45) is 0 Å². The Balaban J connectivity index is -0.0000000450. The van der Waals surface area contributed by atoms with E-state index in [1.165, 1.54) is 0 Å². The van der Waals surface area contributed by atoms with Gasteiger partial charge in [-0.3, -0.25) is 0 Å². The monoisotopic (exact) mass is 169 g/mol. The van der Waals surface area contributed by atoms with Crippen molar-refractivity contribution in [2.45, 2.75) is 0 Å². The van der Waals surface area contributed by atoms with Crippen molar-refractivity contribution in [1.29, 1.82) is 0 Å². The summed E-state index contributed by atoms with van der Waals surface area (Å²) in [5.41, 5.74) is 0. The van der Waals surface area contributed by atoms with Gasteiger partial charge in [0.15, 0.2) is 0 Å². The zero-order chi connectivity index (χ0) is 3.58. The van der Waals surface area contributed by atoms with Gasteiger partial charge in [0.25, 0.3) is 0 Å². The molecule has 0 aromatic heterocycles. The van der Waals surface area contributed by atoms with Crippen LogP contribution in [-0.4, -0.2) is 4.16 Å². The molecule has 0 aliphatic rings. The van der Waals surface area contributed by atoms with Gasteiger partial charge in [-0.15, -0.1) is 0 Å². The molecule has 6 heteroatoms. The summed E-state index contributed by atoms with van der Waals surface area (Å²) in [7, 11) is 0. The molecular weight excluding hydrogens is 168 g/mol. The molecule has 0 spiro atoms. The molecule has 0 aliphatic heterocycles. The maximum atomic E-state index is 8.65. The number of hydrogen-bond acceptors (Lipinski definition) is 2. The van der Waals surface area contributed by atoms with Crippen LogP contribution in [0.25, 0.3) is 0 Å². The predicted octanol–water partition coefficient (Wildman–Crippen LogP) is -1.99. The van der Waals surface area contributed by atoms with E-state index in [1.807, 2.05) is 0 Å². The van der Waals surface area contributed by atoms with Gasteiger partial charge in [0, 0.05) is 0 Å². The minimum absolute atomic E-state index is 0. The van der Waals surface area contributed by atoms with Gasteiger partial charge in [-0.25, -0.2) is 0 Å². The number of hydrogen-bond donors (Lipinski definition) is 1. The Bertz CT molecular complexity index is 28.5. The molecule has 0 saturated heterocycles. The van der Waals surface area contributed by atoms with Gasteiger partial charge in [0.05, 0.1) is 0 Å².